The lowest BCUT2D eigenvalue weighted by molar-refractivity contribution is 0.0977. The molecule has 1 amide bonds. The molecule has 1 heterocycles. The van der Waals surface area contributed by atoms with E-state index in [1.807, 2.05) is 31.1 Å². The van der Waals surface area contributed by atoms with E-state index in [4.69, 9.17) is 12.2 Å². The van der Waals surface area contributed by atoms with Crippen molar-refractivity contribution in [2.75, 3.05) is 24.3 Å². The van der Waals surface area contributed by atoms with Gasteiger partial charge in [-0.2, -0.15) is 0 Å². The van der Waals surface area contributed by atoms with E-state index in [2.05, 4.69) is 20.6 Å². The maximum atomic E-state index is 12.2. The fraction of sp³-hybridized carbons (Fsp3) is 0.111. The molecule has 7 nitrogen and oxygen atoms in total. The number of rotatable bonds is 3. The third kappa shape index (κ3) is 3.86. The number of nitrogens with zero attached hydrogens (tertiary/aromatic N) is 2. The molecule has 0 aliphatic heterocycles. The maximum Gasteiger partial charge on any atom is 0.266 e. The zero-order chi connectivity index (χ0) is 18.7. The Morgan fingerprint density at radius 3 is 2.62 bits per heavy atom. The van der Waals surface area contributed by atoms with E-state index >= 15 is 0 Å². The fourth-order valence-corrected chi connectivity index (χ4v) is 2.67. The number of hydrogen-bond acceptors (Lipinski definition) is 5. The third-order valence-electron chi connectivity index (χ3n) is 3.69. The standard InChI is InChI=1S/C18H17N5O2S/c1-23(2)15-9-12-13(20-16(24)10-19-12)8-14(15)21-18(26)22-17(25)11-6-4-3-5-7-11/h3-10H,1-2H3,(H,20,24)(H2,21,22,25,26). The van der Waals surface area contributed by atoms with Crippen LogP contribution in [0.5, 0.6) is 0 Å². The summed E-state index contributed by atoms with van der Waals surface area (Å²) >= 11 is 5.26. The minimum absolute atomic E-state index is 0.160. The van der Waals surface area contributed by atoms with Crippen molar-refractivity contribution in [3.05, 3.63) is 64.6 Å². The third-order valence-corrected chi connectivity index (χ3v) is 3.89. The predicted molar refractivity (Wildman–Crippen MR) is 107 cm³/mol. The monoisotopic (exact) mass is 367 g/mol. The Morgan fingerprint density at radius 1 is 1.19 bits per heavy atom. The molecule has 132 valence electrons. The van der Waals surface area contributed by atoms with E-state index in [1.165, 1.54) is 6.20 Å². The molecule has 3 N–H and O–H groups in total. The van der Waals surface area contributed by atoms with Gasteiger partial charge in [0.05, 0.1) is 28.6 Å². The van der Waals surface area contributed by atoms with Gasteiger partial charge in [-0.3, -0.25) is 14.9 Å². The Hall–Kier alpha value is -3.26. The number of carbonyl (C=O) groups excluding carboxylic acids is 1. The number of benzene rings is 2. The first-order chi connectivity index (χ1) is 12.4. The van der Waals surface area contributed by atoms with Crippen molar-refractivity contribution < 1.29 is 4.79 Å². The van der Waals surface area contributed by atoms with Gasteiger partial charge in [-0.1, -0.05) is 18.2 Å². The summed E-state index contributed by atoms with van der Waals surface area (Å²) in [7, 11) is 3.76. The van der Waals surface area contributed by atoms with Crippen LogP contribution in [0, 0.1) is 0 Å². The molecule has 0 spiro atoms. The van der Waals surface area contributed by atoms with Crippen LogP contribution in [-0.4, -0.2) is 35.1 Å². The summed E-state index contributed by atoms with van der Waals surface area (Å²) in [6.45, 7) is 0. The molecule has 3 rings (SSSR count). The lowest BCUT2D eigenvalue weighted by Crippen LogP contribution is -2.34. The molecule has 0 unspecified atom stereocenters. The molecule has 0 aliphatic rings. The van der Waals surface area contributed by atoms with Crippen molar-refractivity contribution in [1.29, 1.82) is 0 Å². The molecule has 0 atom stereocenters. The maximum absolute atomic E-state index is 12.2. The molecule has 3 aromatic rings. The van der Waals surface area contributed by atoms with E-state index in [0.717, 1.165) is 5.69 Å². The van der Waals surface area contributed by atoms with Crippen LogP contribution >= 0.6 is 12.2 Å². The van der Waals surface area contributed by atoms with Crippen LogP contribution in [0.25, 0.3) is 11.0 Å². The SMILES string of the molecule is CN(C)c1cc2ncc(=O)[nH]c2cc1NC(=S)NC(=O)c1ccccc1. The van der Waals surface area contributed by atoms with E-state index < -0.39 is 0 Å². The van der Waals surface area contributed by atoms with Crippen LogP contribution in [0.1, 0.15) is 10.4 Å². The van der Waals surface area contributed by atoms with Gasteiger partial charge >= 0.3 is 0 Å². The van der Waals surface area contributed by atoms with Crippen LogP contribution in [0.15, 0.2) is 53.5 Å². The van der Waals surface area contributed by atoms with Gasteiger partial charge < -0.3 is 15.2 Å². The van der Waals surface area contributed by atoms with Crippen molar-refractivity contribution in [3.63, 3.8) is 0 Å². The molecule has 0 fully saturated rings. The molecule has 0 radical (unpaired) electrons. The van der Waals surface area contributed by atoms with Crippen LogP contribution in [0.4, 0.5) is 11.4 Å². The van der Waals surface area contributed by atoms with Gasteiger partial charge in [-0.25, -0.2) is 4.98 Å². The zero-order valence-corrected chi connectivity index (χ0v) is 15.1. The lowest BCUT2D eigenvalue weighted by Gasteiger charge is -2.19. The average Bonchev–Trinajstić information content (AvgIpc) is 2.61. The number of aromatic nitrogens is 2. The van der Waals surface area contributed by atoms with Crippen LogP contribution < -0.4 is 21.1 Å². The highest BCUT2D eigenvalue weighted by molar-refractivity contribution is 7.80. The summed E-state index contributed by atoms with van der Waals surface area (Å²) in [4.78, 5) is 32.5. The lowest BCUT2D eigenvalue weighted by atomic mass is 10.2. The van der Waals surface area contributed by atoms with Gasteiger partial charge in [-0.15, -0.1) is 0 Å². The average molecular weight is 367 g/mol. The quantitative estimate of drug-likeness (QED) is 0.615. The highest BCUT2D eigenvalue weighted by Crippen LogP contribution is 2.28. The number of thiocarbonyl (C=S) groups is 1. The summed E-state index contributed by atoms with van der Waals surface area (Å²) in [5.74, 6) is -0.301. The van der Waals surface area contributed by atoms with Crippen molar-refractivity contribution in [3.8, 4) is 0 Å². The number of nitrogens with one attached hydrogen (secondary N) is 3. The Morgan fingerprint density at radius 2 is 1.92 bits per heavy atom. The molecule has 26 heavy (non-hydrogen) atoms. The highest BCUT2D eigenvalue weighted by Gasteiger charge is 2.12. The van der Waals surface area contributed by atoms with Crippen molar-refractivity contribution in [2.45, 2.75) is 0 Å². The largest absolute Gasteiger partial charge is 0.376 e. The van der Waals surface area contributed by atoms with Crippen molar-refractivity contribution in [1.82, 2.24) is 15.3 Å². The predicted octanol–water partition coefficient (Wildman–Crippen LogP) is 2.12. The number of H-pyrrole nitrogens is 1. The number of fused-ring (bicyclic) bond motifs is 1. The summed E-state index contributed by atoms with van der Waals surface area (Å²) in [6, 6.07) is 12.4. The van der Waals surface area contributed by atoms with E-state index in [1.54, 1.807) is 30.3 Å². The molecule has 8 heteroatoms. The first-order valence-electron chi connectivity index (χ1n) is 7.82. The summed E-state index contributed by atoms with van der Waals surface area (Å²) < 4.78 is 0. The minimum atomic E-state index is -0.301. The van der Waals surface area contributed by atoms with Crippen LogP contribution in [-0.2, 0) is 0 Å². The smallest absolute Gasteiger partial charge is 0.266 e. The van der Waals surface area contributed by atoms with Gasteiger partial charge in [0.15, 0.2) is 5.11 Å². The first kappa shape index (κ1) is 17.6. The van der Waals surface area contributed by atoms with Gasteiger partial charge in [0, 0.05) is 19.7 Å². The second-order valence-corrected chi connectivity index (χ2v) is 6.21. The number of amides is 1. The van der Waals surface area contributed by atoms with Gasteiger partial charge in [0.25, 0.3) is 11.5 Å². The van der Waals surface area contributed by atoms with Gasteiger partial charge in [0.2, 0.25) is 0 Å². The van der Waals surface area contributed by atoms with Crippen LogP contribution in [0.2, 0.25) is 0 Å². The molecule has 2 aromatic carbocycles. The molecule has 0 saturated carbocycles. The molecule has 0 bridgehead atoms. The number of hydrogen-bond donors (Lipinski definition) is 3. The molecule has 0 saturated heterocycles. The Kier molecular flexibility index (Phi) is 4.94. The molecular weight excluding hydrogens is 350 g/mol. The second kappa shape index (κ2) is 7.32. The topological polar surface area (TPSA) is 90.1 Å². The Bertz CT molecular complexity index is 1030. The Labute approximate surface area is 155 Å². The van der Waals surface area contributed by atoms with E-state index in [9.17, 15) is 9.59 Å². The van der Waals surface area contributed by atoms with Gasteiger partial charge in [0.1, 0.15) is 0 Å². The number of carbonyl (C=O) groups is 1. The summed E-state index contributed by atoms with van der Waals surface area (Å²) in [6.07, 6.45) is 1.24. The van der Waals surface area contributed by atoms with E-state index in [-0.39, 0.29) is 16.6 Å². The Balaban J connectivity index is 1.87. The minimum Gasteiger partial charge on any atom is -0.376 e. The normalized spacial score (nSPS) is 10.4. The molecule has 0 aliphatic carbocycles. The first-order valence-corrected chi connectivity index (χ1v) is 8.22. The number of aromatic amines is 1. The van der Waals surface area contributed by atoms with E-state index in [0.29, 0.717) is 22.3 Å². The van der Waals surface area contributed by atoms with Crippen LogP contribution in [0.3, 0.4) is 0 Å². The van der Waals surface area contributed by atoms with Crippen molar-refractivity contribution in [2.24, 2.45) is 0 Å². The summed E-state index contributed by atoms with van der Waals surface area (Å²) in [5, 5.41) is 5.82. The molecular formula is C18H17N5O2S. The zero-order valence-electron chi connectivity index (χ0n) is 14.2. The second-order valence-electron chi connectivity index (χ2n) is 5.80. The van der Waals surface area contributed by atoms with Gasteiger partial charge in [-0.05, 0) is 36.5 Å². The highest BCUT2D eigenvalue weighted by atomic mass is 32.1. The van der Waals surface area contributed by atoms with Crippen molar-refractivity contribution >= 4 is 45.6 Å². The summed E-state index contributed by atoms with van der Waals surface area (Å²) in [5.41, 5.74) is 2.90. The fourth-order valence-electron chi connectivity index (χ4n) is 2.47. The molecule has 1 aromatic heterocycles. The number of anilines is 2.